The van der Waals surface area contributed by atoms with Crippen LogP contribution in [0.25, 0.3) is 0 Å². The van der Waals surface area contributed by atoms with E-state index in [1.165, 1.54) is 4.90 Å². The van der Waals surface area contributed by atoms with Crippen molar-refractivity contribution in [1.82, 2.24) is 15.1 Å². The average molecular weight is 292 g/mol. The smallest absolute Gasteiger partial charge is 0.323 e. The van der Waals surface area contributed by atoms with Crippen LogP contribution >= 0.6 is 11.3 Å². The third-order valence-corrected chi connectivity index (χ3v) is 4.64. The lowest BCUT2D eigenvalue weighted by Crippen LogP contribution is -2.32. The summed E-state index contributed by atoms with van der Waals surface area (Å²) >= 11 is 0.841. The molecule has 18 heavy (non-hydrogen) atoms. The van der Waals surface area contributed by atoms with Crippen LogP contribution in [-0.4, -0.2) is 49.4 Å². The van der Waals surface area contributed by atoms with Gasteiger partial charge in [-0.3, -0.25) is 5.32 Å². The van der Waals surface area contributed by atoms with Crippen LogP contribution in [0.1, 0.15) is 19.8 Å². The second-order valence-electron chi connectivity index (χ2n) is 3.85. The van der Waals surface area contributed by atoms with Crippen molar-refractivity contribution in [1.29, 1.82) is 0 Å². The van der Waals surface area contributed by atoms with Gasteiger partial charge in [-0.25, -0.2) is 13.2 Å². The Bertz CT molecular complexity index is 512. The lowest BCUT2D eigenvalue weighted by Gasteiger charge is -2.15. The molecule has 0 bridgehead atoms. The van der Waals surface area contributed by atoms with Gasteiger partial charge in [-0.2, -0.15) is 0 Å². The van der Waals surface area contributed by atoms with Gasteiger partial charge in [0.05, 0.1) is 0 Å². The molecular weight excluding hydrogens is 276 g/mol. The molecule has 0 aliphatic heterocycles. The summed E-state index contributed by atoms with van der Waals surface area (Å²) in [6, 6.07) is -0.320. The average Bonchev–Trinajstić information content (AvgIpc) is 2.73. The number of aromatic nitrogens is 2. The quantitative estimate of drug-likeness (QED) is 0.823. The maximum absolute atomic E-state index is 11.7. The minimum Gasteiger partial charge on any atom is -0.328 e. The molecule has 102 valence electrons. The maximum atomic E-state index is 11.7. The summed E-state index contributed by atoms with van der Waals surface area (Å²) in [6.07, 6.45) is 2.95. The first-order valence-corrected chi connectivity index (χ1v) is 8.11. The molecule has 2 amide bonds. The molecule has 9 heteroatoms. The van der Waals surface area contributed by atoms with Gasteiger partial charge >= 0.3 is 6.03 Å². The largest absolute Gasteiger partial charge is 0.328 e. The Hall–Kier alpha value is -1.22. The van der Waals surface area contributed by atoms with E-state index in [1.54, 1.807) is 7.05 Å². The van der Waals surface area contributed by atoms with Gasteiger partial charge in [0.25, 0.3) is 0 Å². The zero-order valence-electron chi connectivity index (χ0n) is 10.5. The van der Waals surface area contributed by atoms with Gasteiger partial charge in [0, 0.05) is 19.8 Å². The number of rotatable bonds is 5. The Balaban J connectivity index is 2.63. The van der Waals surface area contributed by atoms with E-state index in [9.17, 15) is 13.2 Å². The van der Waals surface area contributed by atoms with Gasteiger partial charge < -0.3 is 4.90 Å². The molecule has 1 aromatic heterocycles. The number of amides is 2. The lowest BCUT2D eigenvalue weighted by atomic mass is 10.3. The van der Waals surface area contributed by atoms with Crippen molar-refractivity contribution in [2.24, 2.45) is 0 Å². The van der Waals surface area contributed by atoms with E-state index in [1.807, 2.05) is 6.92 Å². The monoisotopic (exact) mass is 292 g/mol. The Labute approximate surface area is 110 Å². The molecule has 1 rings (SSSR count). The predicted octanol–water partition coefficient (Wildman–Crippen LogP) is 1.21. The molecule has 0 aromatic carbocycles. The number of sulfone groups is 1. The van der Waals surface area contributed by atoms with Crippen LogP contribution in [-0.2, 0) is 9.84 Å². The number of nitrogens with one attached hydrogen (secondary N) is 1. The van der Waals surface area contributed by atoms with Gasteiger partial charge in [-0.15, -0.1) is 10.2 Å². The van der Waals surface area contributed by atoms with Crippen LogP contribution in [0.2, 0.25) is 0 Å². The molecule has 1 N–H and O–H groups in total. The number of hydrogen-bond acceptors (Lipinski definition) is 6. The van der Waals surface area contributed by atoms with Crippen LogP contribution < -0.4 is 5.32 Å². The molecule has 7 nitrogen and oxygen atoms in total. The molecule has 0 atom stereocenters. The molecule has 0 saturated heterocycles. The van der Waals surface area contributed by atoms with E-state index in [2.05, 4.69) is 15.5 Å². The summed E-state index contributed by atoms with van der Waals surface area (Å²) in [4.78, 5) is 13.2. The summed E-state index contributed by atoms with van der Waals surface area (Å²) in [5.41, 5.74) is 0. The summed E-state index contributed by atoms with van der Waals surface area (Å²) in [7, 11) is -1.70. The SMILES string of the molecule is CCCCN(C)C(=O)Nc1nnc(S(C)(=O)=O)s1. The normalized spacial score (nSPS) is 11.3. The van der Waals surface area contributed by atoms with Crippen molar-refractivity contribution in [2.45, 2.75) is 24.1 Å². The molecule has 0 saturated carbocycles. The summed E-state index contributed by atoms with van der Waals surface area (Å²) in [5.74, 6) is 0. The molecule has 0 spiro atoms. The summed E-state index contributed by atoms with van der Waals surface area (Å²) in [5, 5.41) is 9.82. The third-order valence-electron chi connectivity index (χ3n) is 2.13. The number of carbonyl (C=O) groups is 1. The Morgan fingerprint density at radius 3 is 2.61 bits per heavy atom. The number of anilines is 1. The molecule has 1 aromatic rings. The Morgan fingerprint density at radius 2 is 2.11 bits per heavy atom. The highest BCUT2D eigenvalue weighted by Crippen LogP contribution is 2.19. The number of carbonyl (C=O) groups excluding carboxylic acids is 1. The van der Waals surface area contributed by atoms with Crippen molar-refractivity contribution < 1.29 is 13.2 Å². The fourth-order valence-electron chi connectivity index (χ4n) is 1.09. The predicted molar refractivity (Wildman–Crippen MR) is 69.6 cm³/mol. The van der Waals surface area contributed by atoms with E-state index in [-0.39, 0.29) is 15.5 Å². The molecule has 0 radical (unpaired) electrons. The van der Waals surface area contributed by atoms with Crippen LogP contribution in [0, 0.1) is 0 Å². The van der Waals surface area contributed by atoms with Gasteiger partial charge in [-0.1, -0.05) is 24.7 Å². The van der Waals surface area contributed by atoms with Gasteiger partial charge in [0.15, 0.2) is 0 Å². The second-order valence-corrected chi connectivity index (χ2v) is 7.02. The van der Waals surface area contributed by atoms with Crippen molar-refractivity contribution in [3.05, 3.63) is 0 Å². The van der Waals surface area contributed by atoms with Crippen LogP contribution in [0.3, 0.4) is 0 Å². The lowest BCUT2D eigenvalue weighted by molar-refractivity contribution is 0.222. The Kier molecular flexibility index (Phi) is 5.03. The molecule has 0 aliphatic rings. The first-order chi connectivity index (χ1) is 8.34. The highest BCUT2D eigenvalue weighted by Gasteiger charge is 2.16. The highest BCUT2D eigenvalue weighted by molar-refractivity contribution is 7.92. The summed E-state index contributed by atoms with van der Waals surface area (Å²) < 4.78 is 22.3. The van der Waals surface area contributed by atoms with E-state index >= 15 is 0 Å². The van der Waals surface area contributed by atoms with Crippen molar-refractivity contribution >= 4 is 32.3 Å². The first-order valence-electron chi connectivity index (χ1n) is 5.40. The molecular formula is C9H16N4O3S2. The zero-order chi connectivity index (χ0) is 13.8. The topological polar surface area (TPSA) is 92.3 Å². The molecule has 0 aliphatic carbocycles. The van der Waals surface area contributed by atoms with Crippen molar-refractivity contribution in [3.8, 4) is 0 Å². The van der Waals surface area contributed by atoms with Crippen LogP contribution in [0.5, 0.6) is 0 Å². The Morgan fingerprint density at radius 1 is 1.44 bits per heavy atom. The number of hydrogen-bond donors (Lipinski definition) is 1. The number of nitrogens with zero attached hydrogens (tertiary/aromatic N) is 3. The molecule has 0 unspecified atom stereocenters. The van der Waals surface area contributed by atoms with Gasteiger partial charge in [-0.05, 0) is 6.42 Å². The van der Waals surface area contributed by atoms with E-state index in [4.69, 9.17) is 0 Å². The van der Waals surface area contributed by atoms with E-state index < -0.39 is 9.84 Å². The van der Waals surface area contributed by atoms with Gasteiger partial charge in [0.1, 0.15) is 0 Å². The second kappa shape index (κ2) is 6.10. The fourth-order valence-corrected chi connectivity index (χ4v) is 2.59. The first kappa shape index (κ1) is 14.8. The summed E-state index contributed by atoms with van der Waals surface area (Å²) in [6.45, 7) is 2.68. The van der Waals surface area contributed by atoms with Crippen molar-refractivity contribution in [3.63, 3.8) is 0 Å². The number of urea groups is 1. The van der Waals surface area contributed by atoms with Gasteiger partial charge in [0.2, 0.25) is 19.3 Å². The zero-order valence-corrected chi connectivity index (χ0v) is 12.1. The van der Waals surface area contributed by atoms with Crippen LogP contribution in [0.4, 0.5) is 9.93 Å². The standard InChI is InChI=1S/C9H16N4O3S2/c1-4-5-6-13(2)8(14)10-7-11-12-9(17-7)18(3,15)16/h4-6H2,1-3H3,(H,10,11,14). The minimum absolute atomic E-state index is 0.103. The third kappa shape index (κ3) is 4.22. The molecule has 1 heterocycles. The highest BCUT2D eigenvalue weighted by atomic mass is 32.2. The molecule has 0 fully saturated rings. The minimum atomic E-state index is -3.37. The van der Waals surface area contributed by atoms with Crippen LogP contribution in [0.15, 0.2) is 4.34 Å². The van der Waals surface area contributed by atoms with E-state index in [0.717, 1.165) is 30.4 Å². The fraction of sp³-hybridized carbons (Fsp3) is 0.667. The van der Waals surface area contributed by atoms with E-state index in [0.29, 0.717) is 6.54 Å². The van der Waals surface area contributed by atoms with Crippen molar-refractivity contribution in [2.75, 3.05) is 25.2 Å². The number of unbranched alkanes of at least 4 members (excludes halogenated alkanes) is 1. The maximum Gasteiger partial charge on any atom is 0.323 e.